The highest BCUT2D eigenvalue weighted by Crippen LogP contribution is 2.31. The molecular formula is C11H7BrN6. The van der Waals surface area contributed by atoms with Crippen LogP contribution in [0.5, 0.6) is 0 Å². The van der Waals surface area contributed by atoms with Gasteiger partial charge < -0.3 is 0 Å². The molecule has 1 aromatic carbocycles. The van der Waals surface area contributed by atoms with Crippen LogP contribution in [-0.2, 0) is 6.54 Å². The predicted molar refractivity (Wildman–Crippen MR) is 67.2 cm³/mol. The Kier molecular flexibility index (Phi) is 1.93. The number of hydrogen-bond acceptors (Lipinski definition) is 4. The van der Waals surface area contributed by atoms with Crippen LogP contribution in [0.1, 0.15) is 5.69 Å². The molecular weight excluding hydrogens is 296 g/mol. The number of halogens is 1. The minimum atomic E-state index is 0.620. The lowest BCUT2D eigenvalue weighted by molar-refractivity contribution is 0.633. The van der Waals surface area contributed by atoms with Gasteiger partial charge in [-0.3, -0.25) is 0 Å². The van der Waals surface area contributed by atoms with Crippen LogP contribution in [0.3, 0.4) is 0 Å². The largest absolute Gasteiger partial charge is 0.239 e. The van der Waals surface area contributed by atoms with Crippen LogP contribution in [0.2, 0.25) is 0 Å². The number of rotatable bonds is 0. The Balaban J connectivity index is 2.13. The summed E-state index contributed by atoms with van der Waals surface area (Å²) in [7, 11) is 0. The van der Waals surface area contributed by atoms with Gasteiger partial charge in [0.2, 0.25) is 0 Å². The number of aromatic nitrogens is 6. The Morgan fingerprint density at radius 1 is 1.11 bits per heavy atom. The molecule has 2 aromatic heterocycles. The number of fused-ring (bicyclic) bond motifs is 5. The fourth-order valence-corrected chi connectivity index (χ4v) is 2.55. The maximum absolute atomic E-state index is 4.15. The van der Waals surface area contributed by atoms with Crippen LogP contribution in [0.25, 0.3) is 16.9 Å². The van der Waals surface area contributed by atoms with Crippen molar-refractivity contribution in [2.24, 2.45) is 0 Å². The van der Waals surface area contributed by atoms with Crippen LogP contribution >= 0.6 is 15.9 Å². The molecule has 0 unspecified atom stereocenters. The van der Waals surface area contributed by atoms with Gasteiger partial charge in [0.05, 0.1) is 36.0 Å². The van der Waals surface area contributed by atoms with E-state index in [0.717, 1.165) is 27.1 Å². The summed E-state index contributed by atoms with van der Waals surface area (Å²) in [6.45, 7) is 0.620. The van der Waals surface area contributed by atoms with Gasteiger partial charge >= 0.3 is 0 Å². The van der Waals surface area contributed by atoms with E-state index < -0.39 is 0 Å². The fraction of sp³-hybridized carbons (Fsp3) is 0.0909. The lowest BCUT2D eigenvalue weighted by atomic mass is 10.1. The van der Waals surface area contributed by atoms with Crippen molar-refractivity contribution in [3.63, 3.8) is 0 Å². The van der Waals surface area contributed by atoms with Crippen molar-refractivity contribution in [2.45, 2.75) is 6.54 Å². The van der Waals surface area contributed by atoms with Gasteiger partial charge in [0, 0.05) is 10.0 Å². The second-order valence-electron chi connectivity index (χ2n) is 4.08. The van der Waals surface area contributed by atoms with Crippen molar-refractivity contribution in [3.05, 3.63) is 40.8 Å². The third-order valence-electron chi connectivity index (χ3n) is 3.01. The van der Waals surface area contributed by atoms with Crippen LogP contribution in [-0.4, -0.2) is 30.0 Å². The van der Waals surface area contributed by atoms with E-state index in [1.54, 1.807) is 12.4 Å². The molecule has 0 fully saturated rings. The van der Waals surface area contributed by atoms with E-state index in [1.807, 2.05) is 27.6 Å². The number of hydrogen-bond donors (Lipinski definition) is 0. The van der Waals surface area contributed by atoms with Gasteiger partial charge in [-0.15, -0.1) is 10.2 Å². The quantitative estimate of drug-likeness (QED) is 0.495. The molecule has 1 aliphatic rings. The fourth-order valence-electron chi connectivity index (χ4n) is 2.20. The molecule has 0 radical (unpaired) electrons. The lowest BCUT2D eigenvalue weighted by Crippen LogP contribution is -2.05. The topological polar surface area (TPSA) is 61.4 Å². The van der Waals surface area contributed by atoms with E-state index in [0.29, 0.717) is 6.54 Å². The van der Waals surface area contributed by atoms with Crippen molar-refractivity contribution in [2.75, 3.05) is 0 Å². The average molecular weight is 303 g/mol. The zero-order chi connectivity index (χ0) is 12.1. The SMILES string of the molecule is Brc1ccc2c(c1)-n1nncc1Cn1nncc1-2. The van der Waals surface area contributed by atoms with Crippen LogP contribution in [0, 0.1) is 0 Å². The molecule has 0 saturated carbocycles. The second-order valence-corrected chi connectivity index (χ2v) is 4.99. The Labute approximate surface area is 110 Å². The minimum absolute atomic E-state index is 0.620. The molecule has 7 heteroatoms. The minimum Gasteiger partial charge on any atom is -0.239 e. The molecule has 0 aliphatic carbocycles. The van der Waals surface area contributed by atoms with Gasteiger partial charge in [-0.05, 0) is 18.2 Å². The van der Waals surface area contributed by atoms with E-state index in [1.165, 1.54) is 0 Å². The first-order chi connectivity index (χ1) is 8.83. The molecule has 3 heterocycles. The van der Waals surface area contributed by atoms with Gasteiger partial charge in [-0.2, -0.15) is 0 Å². The summed E-state index contributed by atoms with van der Waals surface area (Å²) < 4.78 is 4.70. The zero-order valence-corrected chi connectivity index (χ0v) is 10.7. The Bertz CT molecular complexity index is 744. The smallest absolute Gasteiger partial charge is 0.0911 e. The van der Waals surface area contributed by atoms with Crippen LogP contribution < -0.4 is 0 Å². The molecule has 4 rings (SSSR count). The summed E-state index contributed by atoms with van der Waals surface area (Å²) in [4.78, 5) is 0. The number of nitrogens with zero attached hydrogens (tertiary/aromatic N) is 6. The third-order valence-corrected chi connectivity index (χ3v) is 3.51. The first kappa shape index (κ1) is 9.95. The van der Waals surface area contributed by atoms with E-state index in [9.17, 15) is 0 Å². The summed E-state index contributed by atoms with van der Waals surface area (Å²) in [6.07, 6.45) is 3.52. The van der Waals surface area contributed by atoms with Crippen molar-refractivity contribution < 1.29 is 0 Å². The highest BCUT2D eigenvalue weighted by Gasteiger charge is 2.20. The van der Waals surface area contributed by atoms with Crippen LogP contribution in [0.15, 0.2) is 35.1 Å². The van der Waals surface area contributed by atoms with E-state index in [4.69, 9.17) is 0 Å². The highest BCUT2D eigenvalue weighted by atomic mass is 79.9. The summed E-state index contributed by atoms with van der Waals surface area (Å²) in [5.41, 5.74) is 4.01. The summed E-state index contributed by atoms with van der Waals surface area (Å²) in [5.74, 6) is 0. The van der Waals surface area contributed by atoms with Crippen LogP contribution in [0.4, 0.5) is 0 Å². The highest BCUT2D eigenvalue weighted by molar-refractivity contribution is 9.10. The Morgan fingerprint density at radius 2 is 2.00 bits per heavy atom. The van der Waals surface area contributed by atoms with Gasteiger partial charge in [0.15, 0.2) is 0 Å². The summed E-state index contributed by atoms with van der Waals surface area (Å²) >= 11 is 3.49. The average Bonchev–Trinajstić information content (AvgIpc) is 2.97. The summed E-state index contributed by atoms with van der Waals surface area (Å²) in [5, 5.41) is 16.2. The van der Waals surface area contributed by atoms with Gasteiger partial charge in [0.1, 0.15) is 0 Å². The first-order valence-corrected chi connectivity index (χ1v) is 6.20. The van der Waals surface area contributed by atoms with E-state index >= 15 is 0 Å². The van der Waals surface area contributed by atoms with E-state index in [2.05, 4.69) is 36.6 Å². The maximum Gasteiger partial charge on any atom is 0.0911 e. The van der Waals surface area contributed by atoms with Crippen molar-refractivity contribution in [1.29, 1.82) is 0 Å². The Hall–Kier alpha value is -2.02. The molecule has 0 saturated heterocycles. The maximum atomic E-state index is 4.15. The van der Waals surface area contributed by atoms with E-state index in [-0.39, 0.29) is 0 Å². The lowest BCUT2D eigenvalue weighted by Gasteiger charge is -2.07. The first-order valence-electron chi connectivity index (χ1n) is 5.41. The summed E-state index contributed by atoms with van der Waals surface area (Å²) in [6, 6.07) is 6.06. The molecule has 6 nitrogen and oxygen atoms in total. The molecule has 3 aromatic rings. The molecule has 18 heavy (non-hydrogen) atoms. The van der Waals surface area contributed by atoms with Crippen molar-refractivity contribution >= 4 is 15.9 Å². The standard InChI is InChI=1S/C11H7BrN6/c12-7-1-2-9-10(3-7)18-8(4-13-16-18)6-17-11(9)5-14-15-17/h1-5H,6H2. The normalized spacial score (nSPS) is 12.5. The monoisotopic (exact) mass is 302 g/mol. The molecule has 88 valence electrons. The predicted octanol–water partition coefficient (Wildman–Crippen LogP) is 1.65. The number of benzene rings is 1. The molecule has 0 amide bonds. The molecule has 0 bridgehead atoms. The van der Waals surface area contributed by atoms with Crippen molar-refractivity contribution in [3.8, 4) is 16.9 Å². The zero-order valence-electron chi connectivity index (χ0n) is 9.16. The van der Waals surface area contributed by atoms with Gasteiger partial charge in [-0.1, -0.05) is 26.4 Å². The second kappa shape index (κ2) is 3.49. The van der Waals surface area contributed by atoms with Gasteiger partial charge in [-0.25, -0.2) is 9.36 Å². The van der Waals surface area contributed by atoms with Gasteiger partial charge in [0.25, 0.3) is 0 Å². The molecule has 0 atom stereocenters. The third kappa shape index (κ3) is 1.28. The Morgan fingerprint density at radius 3 is 2.94 bits per heavy atom. The molecule has 1 aliphatic heterocycles. The molecule has 0 spiro atoms. The van der Waals surface area contributed by atoms with Crippen molar-refractivity contribution in [1.82, 2.24) is 30.0 Å². The molecule has 0 N–H and O–H groups in total.